The lowest BCUT2D eigenvalue weighted by Crippen LogP contribution is -2.25. The summed E-state index contributed by atoms with van der Waals surface area (Å²) < 4.78 is 5.65. The minimum absolute atomic E-state index is 0.122. The van der Waals surface area contributed by atoms with Crippen molar-refractivity contribution >= 4 is 5.95 Å². The minimum atomic E-state index is 0.122. The van der Waals surface area contributed by atoms with Gasteiger partial charge < -0.3 is 10.1 Å². The predicted octanol–water partition coefficient (Wildman–Crippen LogP) is 3.91. The lowest BCUT2D eigenvalue weighted by molar-refractivity contribution is 0.232. The monoisotopic (exact) mass is 279 g/mol. The van der Waals surface area contributed by atoms with Crippen molar-refractivity contribution in [1.82, 2.24) is 9.97 Å². The Morgan fingerprint density at radius 3 is 2.15 bits per heavy atom. The van der Waals surface area contributed by atoms with Gasteiger partial charge in [-0.25, -0.2) is 4.98 Å². The Morgan fingerprint density at radius 1 is 1.05 bits per heavy atom. The summed E-state index contributed by atoms with van der Waals surface area (Å²) in [4.78, 5) is 8.85. The Hall–Kier alpha value is -1.32. The molecule has 114 valence electrons. The first-order chi connectivity index (χ1) is 9.29. The van der Waals surface area contributed by atoms with E-state index in [0.717, 1.165) is 12.2 Å². The molecule has 20 heavy (non-hydrogen) atoms. The van der Waals surface area contributed by atoms with Crippen LogP contribution in [0.25, 0.3) is 0 Å². The Morgan fingerprint density at radius 2 is 1.65 bits per heavy atom. The largest absolute Gasteiger partial charge is 0.475 e. The van der Waals surface area contributed by atoms with Crippen molar-refractivity contribution in [2.24, 2.45) is 17.8 Å². The molecule has 0 saturated heterocycles. The second-order valence-corrected chi connectivity index (χ2v) is 6.37. The van der Waals surface area contributed by atoms with Crippen molar-refractivity contribution in [3.63, 3.8) is 0 Å². The molecule has 4 heteroatoms. The lowest BCUT2D eigenvalue weighted by atomic mass is 9.85. The summed E-state index contributed by atoms with van der Waals surface area (Å²) in [6.07, 6.45) is 0.122. The maximum atomic E-state index is 5.65. The van der Waals surface area contributed by atoms with Crippen LogP contribution in [-0.4, -0.2) is 22.6 Å². The smallest absolute Gasteiger partial charge is 0.226 e. The average molecular weight is 279 g/mol. The molecule has 0 fully saturated rings. The van der Waals surface area contributed by atoms with Crippen LogP contribution < -0.4 is 10.1 Å². The van der Waals surface area contributed by atoms with Crippen LogP contribution >= 0.6 is 0 Å². The molecule has 0 bridgehead atoms. The number of ether oxygens (including phenoxy) is 1. The van der Waals surface area contributed by atoms with Gasteiger partial charge >= 0.3 is 0 Å². The van der Waals surface area contributed by atoms with Crippen LogP contribution in [0.4, 0.5) is 5.95 Å². The van der Waals surface area contributed by atoms with Crippen LogP contribution in [0.5, 0.6) is 5.88 Å². The molecule has 0 radical (unpaired) electrons. The molecule has 4 nitrogen and oxygen atoms in total. The molecule has 0 aliphatic heterocycles. The molecule has 1 N–H and O–H groups in total. The van der Waals surface area contributed by atoms with Crippen LogP contribution in [0.2, 0.25) is 0 Å². The number of rotatable bonds is 7. The molecule has 1 aromatic heterocycles. The molecular formula is C16H29N3O. The highest BCUT2D eigenvalue weighted by atomic mass is 16.5. The first-order valence-electron chi connectivity index (χ1n) is 7.55. The zero-order valence-electron chi connectivity index (χ0n) is 13.9. The number of nitrogens with one attached hydrogen (secondary N) is 1. The van der Waals surface area contributed by atoms with Gasteiger partial charge in [0.2, 0.25) is 11.8 Å². The second-order valence-electron chi connectivity index (χ2n) is 6.37. The van der Waals surface area contributed by atoms with E-state index < -0.39 is 0 Å². The van der Waals surface area contributed by atoms with Gasteiger partial charge in [-0.15, -0.1) is 0 Å². The van der Waals surface area contributed by atoms with Crippen molar-refractivity contribution < 1.29 is 4.74 Å². The quantitative estimate of drug-likeness (QED) is 0.822. The van der Waals surface area contributed by atoms with Crippen molar-refractivity contribution in [3.8, 4) is 5.88 Å². The van der Waals surface area contributed by atoms with E-state index in [0.29, 0.717) is 29.6 Å². The van der Waals surface area contributed by atoms with E-state index in [4.69, 9.17) is 4.74 Å². The fourth-order valence-electron chi connectivity index (χ4n) is 2.37. The van der Waals surface area contributed by atoms with Crippen LogP contribution in [-0.2, 0) is 0 Å². The third-order valence-corrected chi connectivity index (χ3v) is 3.40. The van der Waals surface area contributed by atoms with Crippen LogP contribution in [0.15, 0.2) is 6.07 Å². The van der Waals surface area contributed by atoms with E-state index in [2.05, 4.69) is 43.0 Å². The SMILES string of the molecule is Cc1cc(OC(C)C)nc(NCC(C(C)C)C(C)C)n1. The molecule has 0 aliphatic carbocycles. The first-order valence-corrected chi connectivity index (χ1v) is 7.55. The van der Waals surface area contributed by atoms with Gasteiger partial charge in [-0.1, -0.05) is 27.7 Å². The van der Waals surface area contributed by atoms with Crippen molar-refractivity contribution in [1.29, 1.82) is 0 Å². The Bertz CT molecular complexity index is 408. The highest BCUT2D eigenvalue weighted by molar-refractivity contribution is 5.30. The molecule has 1 heterocycles. The minimum Gasteiger partial charge on any atom is -0.475 e. The summed E-state index contributed by atoms with van der Waals surface area (Å²) in [5.74, 6) is 3.18. The summed E-state index contributed by atoms with van der Waals surface area (Å²) in [7, 11) is 0. The van der Waals surface area contributed by atoms with Crippen LogP contribution in [0.3, 0.4) is 0 Å². The van der Waals surface area contributed by atoms with Crippen molar-refractivity contribution in [2.45, 2.75) is 54.6 Å². The predicted molar refractivity (Wildman–Crippen MR) is 84.2 cm³/mol. The number of anilines is 1. The maximum Gasteiger partial charge on any atom is 0.226 e. The second kappa shape index (κ2) is 7.46. The van der Waals surface area contributed by atoms with Crippen molar-refractivity contribution in [3.05, 3.63) is 11.8 Å². The van der Waals surface area contributed by atoms with Gasteiger partial charge in [0, 0.05) is 18.3 Å². The molecule has 1 rings (SSSR count). The molecule has 0 spiro atoms. The molecule has 0 amide bonds. The number of nitrogens with zero attached hydrogens (tertiary/aromatic N) is 2. The molecule has 0 saturated carbocycles. The number of hydrogen-bond acceptors (Lipinski definition) is 4. The lowest BCUT2D eigenvalue weighted by Gasteiger charge is -2.25. The van der Waals surface area contributed by atoms with Gasteiger partial charge in [-0.2, -0.15) is 4.98 Å². The Balaban J connectivity index is 2.74. The van der Waals surface area contributed by atoms with Gasteiger partial charge in [-0.3, -0.25) is 0 Å². The Kier molecular flexibility index (Phi) is 6.24. The number of aryl methyl sites for hydroxylation is 1. The first kappa shape index (κ1) is 16.7. The maximum absolute atomic E-state index is 5.65. The number of aromatic nitrogens is 2. The molecular weight excluding hydrogens is 250 g/mol. The zero-order valence-corrected chi connectivity index (χ0v) is 13.9. The summed E-state index contributed by atoms with van der Waals surface area (Å²) in [5.41, 5.74) is 0.920. The van der Waals surface area contributed by atoms with Crippen LogP contribution in [0.1, 0.15) is 47.2 Å². The fraction of sp³-hybridized carbons (Fsp3) is 0.750. The molecule has 0 aliphatic rings. The molecule has 0 atom stereocenters. The summed E-state index contributed by atoms with van der Waals surface area (Å²) in [5, 5.41) is 3.36. The fourth-order valence-corrected chi connectivity index (χ4v) is 2.37. The zero-order chi connectivity index (χ0) is 15.3. The van der Waals surface area contributed by atoms with Gasteiger partial charge in [-0.05, 0) is 38.5 Å². The topological polar surface area (TPSA) is 47.0 Å². The number of hydrogen-bond donors (Lipinski definition) is 1. The molecule has 1 aromatic rings. The van der Waals surface area contributed by atoms with Gasteiger partial charge in [0.15, 0.2) is 0 Å². The van der Waals surface area contributed by atoms with E-state index in [1.807, 2.05) is 26.8 Å². The standard InChI is InChI=1S/C16H29N3O/c1-10(2)14(11(3)4)9-17-16-18-13(7)8-15(19-16)20-12(5)6/h8,10-12,14H,9H2,1-7H3,(H,17,18,19). The van der Waals surface area contributed by atoms with Gasteiger partial charge in [0.1, 0.15) is 0 Å². The molecule has 0 unspecified atom stereocenters. The van der Waals surface area contributed by atoms with E-state index in [1.54, 1.807) is 0 Å². The van der Waals surface area contributed by atoms with E-state index in [1.165, 1.54) is 0 Å². The Labute approximate surface area is 123 Å². The highest BCUT2D eigenvalue weighted by Crippen LogP contribution is 2.21. The third-order valence-electron chi connectivity index (χ3n) is 3.40. The van der Waals surface area contributed by atoms with E-state index in [9.17, 15) is 0 Å². The summed E-state index contributed by atoms with van der Waals surface area (Å²) in [6, 6.07) is 1.87. The van der Waals surface area contributed by atoms with Crippen molar-refractivity contribution in [2.75, 3.05) is 11.9 Å². The molecule has 0 aromatic carbocycles. The van der Waals surface area contributed by atoms with E-state index in [-0.39, 0.29) is 6.10 Å². The highest BCUT2D eigenvalue weighted by Gasteiger charge is 2.17. The van der Waals surface area contributed by atoms with E-state index >= 15 is 0 Å². The van der Waals surface area contributed by atoms with Crippen LogP contribution in [0, 0.1) is 24.7 Å². The summed E-state index contributed by atoms with van der Waals surface area (Å²) in [6.45, 7) is 15.9. The van der Waals surface area contributed by atoms with Gasteiger partial charge in [0.05, 0.1) is 6.10 Å². The third kappa shape index (κ3) is 5.35. The average Bonchev–Trinajstić information content (AvgIpc) is 2.26. The normalized spacial score (nSPS) is 11.8. The van der Waals surface area contributed by atoms with Gasteiger partial charge in [0.25, 0.3) is 0 Å². The summed E-state index contributed by atoms with van der Waals surface area (Å²) >= 11 is 0.